The van der Waals surface area contributed by atoms with E-state index in [-0.39, 0.29) is 18.0 Å². The van der Waals surface area contributed by atoms with Gasteiger partial charge in [-0.2, -0.15) is 10.2 Å². The zero-order valence-corrected chi connectivity index (χ0v) is 19.0. The summed E-state index contributed by atoms with van der Waals surface area (Å²) in [6, 6.07) is 9.25. The van der Waals surface area contributed by atoms with E-state index in [4.69, 9.17) is 4.74 Å². The Morgan fingerprint density at radius 1 is 1.15 bits per heavy atom. The number of aromatic nitrogens is 6. The second-order valence-corrected chi connectivity index (χ2v) is 8.57. The lowest BCUT2D eigenvalue weighted by Gasteiger charge is -2.17. The summed E-state index contributed by atoms with van der Waals surface area (Å²) in [5.74, 6) is 0.777. The molecular weight excluding hydrogens is 420 g/mol. The maximum absolute atomic E-state index is 12.6. The number of rotatable bonds is 7. The Labute approximate surface area is 191 Å². The van der Waals surface area contributed by atoms with Crippen LogP contribution in [-0.4, -0.2) is 46.8 Å². The van der Waals surface area contributed by atoms with Crippen molar-refractivity contribution in [3.8, 4) is 22.8 Å². The standard InChI is InChI=1S/C24H26N6O3/c1-16(22-21(31)8-9-30(28-22)19-11-27-29(4)14-19)17-6-5-7-18(10-17)23-25-12-20(13-26-23)33-15-24(2,3)32/h5-14,16,32H,15H2,1-4H3. The normalized spacial score (nSPS) is 12.5. The fourth-order valence-electron chi connectivity index (χ4n) is 3.30. The number of benzene rings is 1. The molecule has 1 aromatic carbocycles. The first-order valence-corrected chi connectivity index (χ1v) is 10.6. The molecule has 4 aromatic rings. The van der Waals surface area contributed by atoms with Gasteiger partial charge in [-0.3, -0.25) is 9.48 Å². The van der Waals surface area contributed by atoms with E-state index in [1.165, 1.54) is 6.07 Å². The van der Waals surface area contributed by atoms with Crippen LogP contribution in [0.4, 0.5) is 0 Å². The lowest BCUT2D eigenvalue weighted by atomic mass is 9.95. The van der Waals surface area contributed by atoms with Gasteiger partial charge in [0.1, 0.15) is 18.0 Å². The van der Waals surface area contributed by atoms with Crippen LogP contribution in [0.25, 0.3) is 17.1 Å². The highest BCUT2D eigenvalue weighted by molar-refractivity contribution is 5.57. The number of aryl methyl sites for hydroxylation is 1. The van der Waals surface area contributed by atoms with Crippen molar-refractivity contribution in [1.82, 2.24) is 29.5 Å². The predicted molar refractivity (Wildman–Crippen MR) is 123 cm³/mol. The van der Waals surface area contributed by atoms with Crippen LogP contribution in [0, 0.1) is 0 Å². The van der Waals surface area contributed by atoms with Gasteiger partial charge in [-0.15, -0.1) is 0 Å². The van der Waals surface area contributed by atoms with Crippen molar-refractivity contribution in [1.29, 1.82) is 0 Å². The number of hydrogen-bond donors (Lipinski definition) is 1. The highest BCUT2D eigenvalue weighted by Crippen LogP contribution is 2.25. The van der Waals surface area contributed by atoms with Crippen LogP contribution >= 0.6 is 0 Å². The quantitative estimate of drug-likeness (QED) is 0.465. The molecule has 9 nitrogen and oxygen atoms in total. The average molecular weight is 447 g/mol. The lowest BCUT2D eigenvalue weighted by molar-refractivity contribution is 0.0282. The fourth-order valence-corrected chi connectivity index (χ4v) is 3.30. The molecule has 1 N–H and O–H groups in total. The van der Waals surface area contributed by atoms with Gasteiger partial charge >= 0.3 is 0 Å². The topological polar surface area (TPSA) is 108 Å². The molecule has 0 bridgehead atoms. The third-order valence-corrected chi connectivity index (χ3v) is 5.07. The van der Waals surface area contributed by atoms with E-state index in [2.05, 4.69) is 20.2 Å². The molecule has 0 radical (unpaired) electrons. The Bertz CT molecular complexity index is 1300. The number of nitrogens with zero attached hydrogens (tertiary/aromatic N) is 6. The highest BCUT2D eigenvalue weighted by atomic mass is 16.5. The Kier molecular flexibility index (Phi) is 6.06. The van der Waals surface area contributed by atoms with E-state index in [0.29, 0.717) is 17.3 Å². The Morgan fingerprint density at radius 2 is 1.91 bits per heavy atom. The largest absolute Gasteiger partial charge is 0.487 e. The van der Waals surface area contributed by atoms with Crippen LogP contribution in [0.15, 0.2) is 66.1 Å². The molecule has 0 aliphatic rings. The molecule has 0 aliphatic carbocycles. The summed E-state index contributed by atoms with van der Waals surface area (Å²) in [7, 11) is 1.83. The van der Waals surface area contributed by atoms with Gasteiger partial charge in [0.25, 0.3) is 0 Å². The number of aliphatic hydroxyl groups is 1. The first-order valence-electron chi connectivity index (χ1n) is 10.6. The minimum Gasteiger partial charge on any atom is -0.487 e. The molecular formula is C24H26N6O3. The minimum atomic E-state index is -0.940. The third kappa shape index (κ3) is 5.32. The van der Waals surface area contributed by atoms with Crippen LogP contribution < -0.4 is 10.2 Å². The average Bonchev–Trinajstić information content (AvgIpc) is 3.24. The second kappa shape index (κ2) is 8.95. The molecule has 4 rings (SSSR count). The summed E-state index contributed by atoms with van der Waals surface area (Å²) in [5.41, 5.74) is 1.89. The van der Waals surface area contributed by atoms with Gasteiger partial charge < -0.3 is 9.84 Å². The van der Waals surface area contributed by atoms with E-state index in [0.717, 1.165) is 16.8 Å². The van der Waals surface area contributed by atoms with Crippen LogP contribution in [0.2, 0.25) is 0 Å². The SMILES string of the molecule is CC(c1cccc(-c2ncc(OCC(C)(C)O)cn2)c1)c1nn(-c2cnn(C)c2)ccc1=O. The maximum atomic E-state index is 12.6. The van der Waals surface area contributed by atoms with Gasteiger partial charge in [0, 0.05) is 30.8 Å². The molecule has 1 unspecified atom stereocenters. The van der Waals surface area contributed by atoms with Gasteiger partial charge in [0.15, 0.2) is 11.6 Å². The van der Waals surface area contributed by atoms with E-state index in [1.807, 2.05) is 44.4 Å². The highest BCUT2D eigenvalue weighted by Gasteiger charge is 2.17. The Balaban J connectivity index is 1.58. The fraction of sp³-hybridized carbons (Fsp3) is 0.292. The molecule has 0 fully saturated rings. The van der Waals surface area contributed by atoms with Gasteiger partial charge in [-0.05, 0) is 25.5 Å². The van der Waals surface area contributed by atoms with E-state index >= 15 is 0 Å². The van der Waals surface area contributed by atoms with Crippen LogP contribution in [0.1, 0.15) is 37.9 Å². The van der Waals surface area contributed by atoms with Gasteiger partial charge in [-0.25, -0.2) is 14.6 Å². The van der Waals surface area contributed by atoms with Crippen molar-refractivity contribution >= 4 is 0 Å². The maximum Gasteiger partial charge on any atom is 0.203 e. The van der Waals surface area contributed by atoms with Gasteiger partial charge in [0.05, 0.1) is 30.4 Å². The monoisotopic (exact) mass is 446 g/mol. The molecule has 0 amide bonds. The summed E-state index contributed by atoms with van der Waals surface area (Å²) < 4.78 is 8.85. The van der Waals surface area contributed by atoms with Crippen molar-refractivity contribution in [3.63, 3.8) is 0 Å². The summed E-state index contributed by atoms with van der Waals surface area (Å²) in [6.45, 7) is 5.43. The smallest absolute Gasteiger partial charge is 0.203 e. The number of hydrogen-bond acceptors (Lipinski definition) is 7. The molecule has 1 atom stereocenters. The minimum absolute atomic E-state index is 0.127. The van der Waals surface area contributed by atoms with Crippen molar-refractivity contribution in [2.45, 2.75) is 32.3 Å². The molecule has 33 heavy (non-hydrogen) atoms. The van der Waals surface area contributed by atoms with E-state index in [1.54, 1.807) is 48.0 Å². The summed E-state index contributed by atoms with van der Waals surface area (Å²) in [6.07, 6.45) is 8.32. The molecule has 3 heterocycles. The zero-order valence-electron chi connectivity index (χ0n) is 19.0. The van der Waals surface area contributed by atoms with E-state index < -0.39 is 5.60 Å². The van der Waals surface area contributed by atoms with Crippen LogP contribution in [0.5, 0.6) is 5.75 Å². The Morgan fingerprint density at radius 3 is 2.58 bits per heavy atom. The molecule has 170 valence electrons. The first kappa shape index (κ1) is 22.3. The summed E-state index contributed by atoms with van der Waals surface area (Å²) in [5, 5.41) is 18.5. The summed E-state index contributed by atoms with van der Waals surface area (Å²) >= 11 is 0. The zero-order chi connectivity index (χ0) is 23.6. The van der Waals surface area contributed by atoms with Gasteiger partial charge in [0.2, 0.25) is 5.43 Å². The van der Waals surface area contributed by atoms with E-state index in [9.17, 15) is 9.90 Å². The van der Waals surface area contributed by atoms with Crippen molar-refractivity contribution in [3.05, 3.63) is 82.8 Å². The Hall–Kier alpha value is -3.85. The predicted octanol–water partition coefficient (Wildman–Crippen LogP) is 2.72. The summed E-state index contributed by atoms with van der Waals surface area (Å²) in [4.78, 5) is 21.4. The van der Waals surface area contributed by atoms with Crippen molar-refractivity contribution < 1.29 is 9.84 Å². The van der Waals surface area contributed by atoms with Crippen LogP contribution in [-0.2, 0) is 7.05 Å². The molecule has 9 heteroatoms. The molecule has 0 spiro atoms. The van der Waals surface area contributed by atoms with Crippen molar-refractivity contribution in [2.75, 3.05) is 6.61 Å². The van der Waals surface area contributed by atoms with Crippen LogP contribution in [0.3, 0.4) is 0 Å². The van der Waals surface area contributed by atoms with Crippen molar-refractivity contribution in [2.24, 2.45) is 7.05 Å². The first-order chi connectivity index (χ1) is 15.7. The molecule has 3 aromatic heterocycles. The van der Waals surface area contributed by atoms with Gasteiger partial charge in [-0.1, -0.05) is 25.1 Å². The lowest BCUT2D eigenvalue weighted by Crippen LogP contribution is -2.27. The molecule has 0 aliphatic heterocycles. The number of ether oxygens (including phenoxy) is 1. The third-order valence-electron chi connectivity index (χ3n) is 5.07. The second-order valence-electron chi connectivity index (χ2n) is 8.57. The molecule has 0 saturated carbocycles. The molecule has 0 saturated heterocycles.